The fourth-order valence-electron chi connectivity index (χ4n) is 7.10. The third-order valence-electron chi connectivity index (χ3n) is 10.0. The normalized spacial score (nSPS) is 13.6. The van der Waals surface area contributed by atoms with Gasteiger partial charge in [0.05, 0.1) is 8.07 Å². The molecule has 4 heterocycles. The van der Waals surface area contributed by atoms with Crippen LogP contribution in [-0.4, -0.2) is 23.0 Å². The Kier molecular flexibility index (Phi) is 12.1. The van der Waals surface area contributed by atoms with E-state index in [9.17, 15) is 0 Å². The summed E-state index contributed by atoms with van der Waals surface area (Å²) in [5, 5.41) is 3.66. The van der Waals surface area contributed by atoms with E-state index in [1.165, 1.54) is 36.8 Å². The molecule has 0 spiro atoms. The Morgan fingerprint density at radius 1 is 0.837 bits per heavy atom. The summed E-state index contributed by atoms with van der Waals surface area (Å²) in [5.74, 6) is 1.78. The summed E-state index contributed by atoms with van der Waals surface area (Å²) < 4.78 is 5.97. The molecule has 2 aromatic carbocycles. The van der Waals surface area contributed by atoms with Crippen molar-refractivity contribution in [2.75, 3.05) is 0 Å². The second kappa shape index (κ2) is 16.1. The van der Waals surface area contributed by atoms with Crippen molar-refractivity contribution >= 4 is 35.3 Å². The number of hydrogen-bond acceptors (Lipinski definition) is 4. The van der Waals surface area contributed by atoms with Crippen LogP contribution >= 0.6 is 0 Å². The summed E-state index contributed by atoms with van der Waals surface area (Å²) >= 11 is 0. The zero-order chi connectivity index (χ0) is 33.8. The molecule has 0 N–H and O–H groups in total. The minimum Gasteiger partial charge on any atom is -0.483 e. The Hall–Kier alpha value is -3.44. The monoisotopic (exact) mass is 844 g/mol. The van der Waals surface area contributed by atoms with Crippen molar-refractivity contribution < 1.29 is 24.5 Å². The summed E-state index contributed by atoms with van der Waals surface area (Å²) in [6.07, 6.45) is 14.9. The van der Waals surface area contributed by atoms with Crippen molar-refractivity contribution in [2.24, 2.45) is 0 Å². The van der Waals surface area contributed by atoms with Crippen LogP contribution in [0.5, 0.6) is 0 Å². The largest absolute Gasteiger partial charge is 0.483 e. The topological polar surface area (TPSA) is 51.8 Å². The maximum absolute atomic E-state index is 5.97. The smallest absolute Gasteiger partial charge is 0.141 e. The van der Waals surface area contributed by atoms with Gasteiger partial charge in [-0.3, -0.25) is 0 Å². The summed E-state index contributed by atoms with van der Waals surface area (Å²) in [7, 11) is -1.34. The van der Waals surface area contributed by atoms with Gasteiger partial charge in [-0.25, -0.2) is 0 Å². The van der Waals surface area contributed by atoms with E-state index >= 15 is 0 Å². The average molecular weight is 844 g/mol. The van der Waals surface area contributed by atoms with Gasteiger partial charge in [-0.1, -0.05) is 95.6 Å². The molecule has 0 unspecified atom stereocenters. The first-order valence-corrected chi connectivity index (χ1v) is 21.3. The van der Waals surface area contributed by atoms with Gasteiger partial charge in [-0.05, 0) is 89.3 Å². The molecule has 0 atom stereocenters. The van der Waals surface area contributed by atoms with Crippen LogP contribution < -0.4 is 5.19 Å². The van der Waals surface area contributed by atoms with E-state index in [0.717, 1.165) is 57.6 Å². The molecular formula is C43H49IrN3OSi-2. The molecule has 4 aromatic heterocycles. The van der Waals surface area contributed by atoms with Gasteiger partial charge >= 0.3 is 0 Å². The van der Waals surface area contributed by atoms with E-state index in [2.05, 4.69) is 130 Å². The Morgan fingerprint density at radius 3 is 2.27 bits per heavy atom. The molecule has 1 saturated carbocycles. The van der Waals surface area contributed by atoms with Crippen molar-refractivity contribution in [3.8, 4) is 22.5 Å². The zero-order valence-electron chi connectivity index (χ0n) is 30.1. The number of nitrogens with zero attached hydrogens (tertiary/aromatic N) is 3. The molecular weight excluding hydrogens is 795 g/mol. The van der Waals surface area contributed by atoms with Gasteiger partial charge < -0.3 is 19.4 Å². The van der Waals surface area contributed by atoms with Gasteiger partial charge in [0.2, 0.25) is 0 Å². The molecule has 0 bridgehead atoms. The quantitative estimate of drug-likeness (QED) is 0.113. The van der Waals surface area contributed by atoms with Crippen LogP contribution in [0.2, 0.25) is 19.6 Å². The van der Waals surface area contributed by atoms with E-state index in [-0.39, 0.29) is 20.1 Å². The van der Waals surface area contributed by atoms with Gasteiger partial charge in [0.25, 0.3) is 0 Å². The van der Waals surface area contributed by atoms with E-state index in [1.54, 1.807) is 10.8 Å². The molecule has 6 heteroatoms. The van der Waals surface area contributed by atoms with Crippen molar-refractivity contribution in [1.29, 1.82) is 0 Å². The molecule has 7 rings (SSSR count). The van der Waals surface area contributed by atoms with Crippen LogP contribution in [0.25, 0.3) is 44.6 Å². The second-order valence-corrected chi connectivity index (χ2v) is 19.7. The fraction of sp³-hybridized carbons (Fsp3) is 0.372. The SMILES string of the molecule is CCC(CC)c1ccnc(-c2[c-]nc3oc4cc(C(C)C)ccc4c3c2)c1.C[Si](C)(C)c1cnc(-c2[c-]cccc2)cc1C1CCCC1.[Ir]. The minimum atomic E-state index is -1.34. The summed E-state index contributed by atoms with van der Waals surface area (Å²) in [5.41, 5.74) is 9.71. The van der Waals surface area contributed by atoms with Gasteiger partial charge in [0.1, 0.15) is 11.3 Å². The van der Waals surface area contributed by atoms with Crippen LogP contribution in [0.4, 0.5) is 0 Å². The van der Waals surface area contributed by atoms with Crippen LogP contribution in [0, 0.1) is 12.3 Å². The van der Waals surface area contributed by atoms with Crippen LogP contribution in [0.15, 0.2) is 83.5 Å². The van der Waals surface area contributed by atoms with Crippen molar-refractivity contribution in [3.63, 3.8) is 0 Å². The summed E-state index contributed by atoms with van der Waals surface area (Å²) in [6.45, 7) is 16.1. The fourth-order valence-corrected chi connectivity index (χ4v) is 8.70. The molecule has 0 aliphatic heterocycles. The van der Waals surface area contributed by atoms with Crippen LogP contribution in [-0.2, 0) is 20.1 Å². The predicted molar refractivity (Wildman–Crippen MR) is 204 cm³/mol. The molecule has 1 fully saturated rings. The van der Waals surface area contributed by atoms with Gasteiger partial charge in [0, 0.05) is 37.9 Å². The number of furan rings is 1. The third-order valence-corrected chi connectivity index (χ3v) is 12.0. The van der Waals surface area contributed by atoms with Gasteiger partial charge in [0.15, 0.2) is 0 Å². The molecule has 1 aliphatic rings. The number of aromatic nitrogens is 3. The van der Waals surface area contributed by atoms with Crippen LogP contribution in [0.3, 0.4) is 0 Å². The van der Waals surface area contributed by atoms with Gasteiger partial charge in [-0.15, -0.1) is 47.5 Å². The summed E-state index contributed by atoms with van der Waals surface area (Å²) in [4.78, 5) is 13.8. The number of rotatable bonds is 8. The van der Waals surface area contributed by atoms with E-state index in [1.807, 2.05) is 18.3 Å². The maximum Gasteiger partial charge on any atom is 0.141 e. The minimum absolute atomic E-state index is 0. The number of pyridine rings is 3. The predicted octanol–water partition coefficient (Wildman–Crippen LogP) is 11.6. The van der Waals surface area contributed by atoms with Crippen molar-refractivity contribution in [2.45, 2.75) is 104 Å². The molecule has 6 aromatic rings. The molecule has 0 amide bonds. The van der Waals surface area contributed by atoms with Gasteiger partial charge in [-0.2, -0.15) is 0 Å². The Morgan fingerprint density at radius 2 is 1.59 bits per heavy atom. The first kappa shape index (κ1) is 36.8. The standard InChI is InChI=1S/C24H25N2O.C19H24NSi.Ir/c1-5-16(6-2)18-9-10-25-22(12-18)19-11-21-20-8-7-17(15(3)4)13-23(20)27-24(21)26-14-19;1-21(2,3)19-14-20-18(16-11-5-4-6-12-16)13-17(19)15-9-7-8-10-15;/h7-13,15-16H,5-6H2,1-4H3;4-6,11,13-15H,7-10H2,1-3H3;/q2*-1;. The first-order valence-electron chi connectivity index (χ1n) is 17.8. The Balaban J connectivity index is 0.000000193. The van der Waals surface area contributed by atoms with E-state index in [4.69, 9.17) is 9.40 Å². The second-order valence-electron chi connectivity index (χ2n) is 14.7. The third kappa shape index (κ3) is 8.31. The average Bonchev–Trinajstić information content (AvgIpc) is 3.77. The maximum atomic E-state index is 5.97. The molecule has 4 nitrogen and oxygen atoms in total. The number of hydrogen-bond donors (Lipinski definition) is 0. The first-order chi connectivity index (χ1) is 23.2. The van der Waals surface area contributed by atoms with Crippen molar-refractivity contribution in [3.05, 3.63) is 108 Å². The van der Waals surface area contributed by atoms with Crippen molar-refractivity contribution in [1.82, 2.24) is 15.0 Å². The molecule has 49 heavy (non-hydrogen) atoms. The molecule has 1 radical (unpaired) electrons. The van der Waals surface area contributed by atoms with Crippen LogP contribution in [0.1, 0.15) is 101 Å². The zero-order valence-corrected chi connectivity index (χ0v) is 33.5. The summed E-state index contributed by atoms with van der Waals surface area (Å²) in [6, 6.07) is 26.6. The number of benzene rings is 2. The molecule has 257 valence electrons. The molecule has 0 saturated heterocycles. The molecule has 1 aliphatic carbocycles. The Labute approximate surface area is 307 Å². The number of fused-ring (bicyclic) bond motifs is 3. The van der Waals surface area contributed by atoms with E-state index < -0.39 is 8.07 Å². The van der Waals surface area contributed by atoms with E-state index in [0.29, 0.717) is 17.5 Å². The Bertz CT molecular complexity index is 1990.